The van der Waals surface area contributed by atoms with E-state index in [4.69, 9.17) is 4.42 Å². The number of benzene rings is 1. The van der Waals surface area contributed by atoms with Crippen molar-refractivity contribution in [2.75, 3.05) is 5.75 Å². The van der Waals surface area contributed by atoms with E-state index in [2.05, 4.69) is 29.8 Å². The first-order valence-corrected chi connectivity index (χ1v) is 10.5. The second-order valence-corrected chi connectivity index (χ2v) is 9.31. The number of fused-ring (bicyclic) bond motifs is 1. The third kappa shape index (κ3) is 4.54. The normalized spacial score (nSPS) is 11.2. The molecule has 3 aromatic rings. The summed E-state index contributed by atoms with van der Waals surface area (Å²) in [5.41, 5.74) is 4.70. The number of rotatable bonds is 6. The van der Waals surface area contributed by atoms with Crippen LogP contribution in [0.1, 0.15) is 23.6 Å². The van der Waals surface area contributed by atoms with Crippen molar-refractivity contribution in [2.45, 2.75) is 35.2 Å². The smallest absolute Gasteiger partial charge is 0.336 e. The molecule has 0 radical (unpaired) electrons. The van der Waals surface area contributed by atoms with E-state index in [1.165, 1.54) is 5.56 Å². The monoisotopic (exact) mass is 390 g/mol. The van der Waals surface area contributed by atoms with Crippen LogP contribution in [0.4, 0.5) is 0 Å². The van der Waals surface area contributed by atoms with E-state index in [-0.39, 0.29) is 5.63 Å². The highest BCUT2D eigenvalue weighted by Crippen LogP contribution is 2.32. The SMILES string of the molecule is C=C(C)CSc1nnc(SCc2cc(=O)oc3cc(C)c(C)cc23)s1. The van der Waals surface area contributed by atoms with Crippen LogP contribution in [0.25, 0.3) is 11.0 Å². The van der Waals surface area contributed by atoms with E-state index in [0.29, 0.717) is 11.3 Å². The molecule has 0 fully saturated rings. The molecule has 0 aliphatic heterocycles. The molecule has 2 heterocycles. The van der Waals surface area contributed by atoms with Crippen molar-refractivity contribution >= 4 is 45.8 Å². The summed E-state index contributed by atoms with van der Waals surface area (Å²) in [6.07, 6.45) is 0. The van der Waals surface area contributed by atoms with Gasteiger partial charge >= 0.3 is 5.63 Å². The second kappa shape index (κ2) is 7.76. The summed E-state index contributed by atoms with van der Waals surface area (Å²) in [6.45, 7) is 9.97. The first kappa shape index (κ1) is 18.2. The third-order valence-corrected chi connectivity index (χ3v) is 7.09. The van der Waals surface area contributed by atoms with Gasteiger partial charge in [0.25, 0.3) is 0 Å². The molecule has 0 bridgehead atoms. The van der Waals surface area contributed by atoms with E-state index in [1.807, 2.05) is 19.9 Å². The quantitative estimate of drug-likeness (QED) is 0.327. The fraction of sp³-hybridized carbons (Fsp3) is 0.278. The van der Waals surface area contributed by atoms with Gasteiger partial charge in [0.2, 0.25) is 0 Å². The molecule has 7 heteroatoms. The van der Waals surface area contributed by atoms with E-state index < -0.39 is 0 Å². The molecule has 0 atom stereocenters. The average Bonchev–Trinajstić information content (AvgIpc) is 3.00. The number of hydrogen-bond donors (Lipinski definition) is 0. The second-order valence-electron chi connectivity index (χ2n) is 5.89. The Balaban J connectivity index is 1.80. The Morgan fingerprint density at radius 1 is 1.16 bits per heavy atom. The van der Waals surface area contributed by atoms with Crippen LogP contribution in [-0.2, 0) is 5.75 Å². The van der Waals surface area contributed by atoms with Crippen molar-refractivity contribution in [2.24, 2.45) is 0 Å². The molecule has 0 saturated heterocycles. The molecule has 130 valence electrons. The molecule has 2 aromatic heterocycles. The first-order chi connectivity index (χ1) is 11.9. The Morgan fingerprint density at radius 3 is 2.56 bits per heavy atom. The van der Waals surface area contributed by atoms with Gasteiger partial charge in [-0.2, -0.15) is 0 Å². The molecular weight excluding hydrogens is 372 g/mol. The van der Waals surface area contributed by atoms with Crippen molar-refractivity contribution in [1.29, 1.82) is 0 Å². The fourth-order valence-electron chi connectivity index (χ4n) is 2.24. The lowest BCUT2D eigenvalue weighted by atomic mass is 10.0. The molecule has 0 spiro atoms. The lowest BCUT2D eigenvalue weighted by Gasteiger charge is -2.07. The molecule has 1 aromatic carbocycles. The Kier molecular flexibility index (Phi) is 5.66. The first-order valence-electron chi connectivity index (χ1n) is 7.70. The minimum Gasteiger partial charge on any atom is -0.423 e. The summed E-state index contributed by atoms with van der Waals surface area (Å²) in [7, 11) is 0. The number of nitrogens with zero attached hydrogens (tertiary/aromatic N) is 2. The number of aryl methyl sites for hydroxylation is 2. The van der Waals surface area contributed by atoms with Crippen molar-refractivity contribution in [3.05, 3.63) is 57.5 Å². The number of aromatic nitrogens is 2. The van der Waals surface area contributed by atoms with Crippen molar-refractivity contribution < 1.29 is 4.42 Å². The highest BCUT2D eigenvalue weighted by Gasteiger charge is 2.11. The Labute approximate surface area is 158 Å². The average molecular weight is 391 g/mol. The predicted molar refractivity (Wildman–Crippen MR) is 107 cm³/mol. The lowest BCUT2D eigenvalue weighted by molar-refractivity contribution is 0.559. The Morgan fingerprint density at radius 2 is 1.84 bits per heavy atom. The van der Waals surface area contributed by atoms with Crippen LogP contribution in [0.5, 0.6) is 0 Å². The van der Waals surface area contributed by atoms with Crippen LogP contribution >= 0.6 is 34.9 Å². The van der Waals surface area contributed by atoms with Crippen molar-refractivity contribution in [3.63, 3.8) is 0 Å². The lowest BCUT2D eigenvalue weighted by Crippen LogP contribution is -2.00. The van der Waals surface area contributed by atoms with E-state index in [1.54, 1.807) is 40.9 Å². The maximum Gasteiger partial charge on any atom is 0.336 e. The highest BCUT2D eigenvalue weighted by atomic mass is 32.2. The summed E-state index contributed by atoms with van der Waals surface area (Å²) < 4.78 is 7.18. The molecule has 0 N–H and O–H groups in total. The minimum atomic E-state index is -0.318. The van der Waals surface area contributed by atoms with Crippen LogP contribution in [0.15, 0.2) is 48.2 Å². The maximum absolute atomic E-state index is 11.9. The van der Waals surface area contributed by atoms with Crippen LogP contribution in [0, 0.1) is 13.8 Å². The van der Waals surface area contributed by atoms with Crippen LogP contribution in [0.3, 0.4) is 0 Å². The standard InChI is InChI=1S/C18H18N2O2S3/c1-10(2)8-23-17-19-20-18(25-17)24-9-13-7-16(21)22-15-6-12(4)11(3)5-14(13)15/h5-7H,1,8-9H2,2-4H3. The number of thioether (sulfide) groups is 2. The summed E-state index contributed by atoms with van der Waals surface area (Å²) >= 11 is 4.81. The minimum absolute atomic E-state index is 0.318. The maximum atomic E-state index is 11.9. The van der Waals surface area contributed by atoms with Gasteiger partial charge in [0.15, 0.2) is 8.68 Å². The molecule has 0 aliphatic rings. The largest absolute Gasteiger partial charge is 0.423 e. The zero-order valence-corrected chi connectivity index (χ0v) is 16.7. The molecule has 0 aliphatic carbocycles. The fourth-order valence-corrected chi connectivity index (χ4v) is 5.09. The summed E-state index contributed by atoms with van der Waals surface area (Å²) in [6, 6.07) is 5.58. The summed E-state index contributed by atoms with van der Waals surface area (Å²) in [4.78, 5) is 11.9. The molecule has 4 nitrogen and oxygen atoms in total. The van der Waals surface area contributed by atoms with Crippen LogP contribution < -0.4 is 5.63 Å². The molecule has 0 unspecified atom stereocenters. The molecule has 0 amide bonds. The molecule has 3 rings (SSSR count). The Bertz CT molecular complexity index is 992. The van der Waals surface area contributed by atoms with Gasteiger partial charge in [0.1, 0.15) is 5.58 Å². The van der Waals surface area contributed by atoms with Crippen molar-refractivity contribution in [1.82, 2.24) is 10.2 Å². The number of hydrogen-bond acceptors (Lipinski definition) is 7. The highest BCUT2D eigenvalue weighted by molar-refractivity contribution is 8.03. The summed E-state index contributed by atoms with van der Waals surface area (Å²) in [5.74, 6) is 1.51. The predicted octanol–water partition coefficient (Wildman–Crippen LogP) is 5.22. The van der Waals surface area contributed by atoms with Gasteiger partial charge in [0, 0.05) is 23.0 Å². The molecule has 25 heavy (non-hydrogen) atoms. The van der Waals surface area contributed by atoms with Gasteiger partial charge in [-0.1, -0.05) is 47.0 Å². The summed E-state index contributed by atoms with van der Waals surface area (Å²) in [5, 5.41) is 9.40. The van der Waals surface area contributed by atoms with E-state index >= 15 is 0 Å². The zero-order valence-electron chi connectivity index (χ0n) is 14.3. The van der Waals surface area contributed by atoms with Crippen molar-refractivity contribution in [3.8, 4) is 0 Å². The Hall–Kier alpha value is -1.57. The van der Waals surface area contributed by atoms with Gasteiger partial charge in [0.05, 0.1) is 0 Å². The van der Waals surface area contributed by atoms with Crippen LogP contribution in [0.2, 0.25) is 0 Å². The van der Waals surface area contributed by atoms with Crippen LogP contribution in [-0.4, -0.2) is 16.0 Å². The van der Waals surface area contributed by atoms with Gasteiger partial charge in [-0.3, -0.25) is 0 Å². The van der Waals surface area contributed by atoms with E-state index in [0.717, 1.165) is 36.5 Å². The van der Waals surface area contributed by atoms with Gasteiger partial charge in [-0.15, -0.1) is 10.2 Å². The molecular formula is C18H18N2O2S3. The van der Waals surface area contributed by atoms with Gasteiger partial charge < -0.3 is 4.42 Å². The molecule has 0 saturated carbocycles. The van der Waals surface area contributed by atoms with Gasteiger partial charge in [-0.25, -0.2) is 4.79 Å². The topological polar surface area (TPSA) is 56.0 Å². The van der Waals surface area contributed by atoms with E-state index in [9.17, 15) is 4.79 Å². The zero-order chi connectivity index (χ0) is 18.0. The third-order valence-electron chi connectivity index (χ3n) is 3.63. The van der Waals surface area contributed by atoms with Gasteiger partial charge in [-0.05, 0) is 49.6 Å².